The van der Waals surface area contributed by atoms with Crippen molar-refractivity contribution in [1.29, 1.82) is 5.26 Å². The second-order valence-electron chi connectivity index (χ2n) is 5.07. The summed E-state index contributed by atoms with van der Waals surface area (Å²) in [6.07, 6.45) is 8.63. The number of nitrogens with zero attached hydrogens (tertiary/aromatic N) is 2. The average molecular weight is 297 g/mol. The number of hydrogen-bond donors (Lipinski definition) is 1. The molecule has 0 bridgehead atoms. The van der Waals surface area contributed by atoms with E-state index in [1.165, 1.54) is 11.3 Å². The number of fused-ring (bicyclic) bond motifs is 1. The van der Waals surface area contributed by atoms with Crippen molar-refractivity contribution in [3.8, 4) is 6.07 Å². The minimum absolute atomic E-state index is 0.190. The first kappa shape index (κ1) is 13.8. The molecule has 4 nitrogen and oxygen atoms in total. The van der Waals surface area contributed by atoms with Crippen LogP contribution in [0.5, 0.6) is 0 Å². The van der Waals surface area contributed by atoms with E-state index in [0.717, 1.165) is 31.2 Å². The second-order valence-corrected chi connectivity index (χ2v) is 6.18. The molecule has 2 heterocycles. The van der Waals surface area contributed by atoms with Gasteiger partial charge in [0.25, 0.3) is 5.91 Å². The highest BCUT2D eigenvalue weighted by Crippen LogP contribution is 2.37. The standard InChI is InChI=1S/C16H15N3OS/c17-10-13-12-4-2-1-3-5-14(12)21-16(13)19-15(20)11-6-8-18-9-7-11/h6-9H,1-5H2,(H,19,20). The number of pyridine rings is 1. The molecule has 1 N–H and O–H groups in total. The van der Waals surface area contributed by atoms with Gasteiger partial charge in [-0.25, -0.2) is 0 Å². The van der Waals surface area contributed by atoms with Crippen molar-refractivity contribution in [2.24, 2.45) is 0 Å². The van der Waals surface area contributed by atoms with Gasteiger partial charge in [0.2, 0.25) is 0 Å². The first-order valence-corrected chi connectivity index (χ1v) is 7.87. The monoisotopic (exact) mass is 297 g/mol. The molecule has 1 aliphatic carbocycles. The molecule has 21 heavy (non-hydrogen) atoms. The maximum atomic E-state index is 12.2. The third-order valence-corrected chi connectivity index (χ3v) is 4.91. The lowest BCUT2D eigenvalue weighted by molar-refractivity contribution is 0.102. The molecule has 0 saturated carbocycles. The Morgan fingerprint density at radius 2 is 2.00 bits per heavy atom. The molecule has 0 radical (unpaired) electrons. The summed E-state index contributed by atoms with van der Waals surface area (Å²) >= 11 is 1.55. The van der Waals surface area contributed by atoms with Crippen molar-refractivity contribution in [2.75, 3.05) is 5.32 Å². The minimum atomic E-state index is -0.190. The van der Waals surface area contributed by atoms with Crippen molar-refractivity contribution in [3.05, 3.63) is 46.1 Å². The van der Waals surface area contributed by atoms with E-state index in [9.17, 15) is 10.1 Å². The lowest BCUT2D eigenvalue weighted by atomic mass is 10.1. The van der Waals surface area contributed by atoms with E-state index in [0.29, 0.717) is 16.1 Å². The molecule has 0 saturated heterocycles. The van der Waals surface area contributed by atoms with Crippen LogP contribution in [0.1, 0.15) is 45.6 Å². The lowest BCUT2D eigenvalue weighted by Crippen LogP contribution is -2.11. The Kier molecular flexibility index (Phi) is 3.98. The SMILES string of the molecule is N#Cc1c(NC(=O)c2ccncc2)sc2c1CCCCC2. The molecule has 0 atom stereocenters. The minimum Gasteiger partial charge on any atom is -0.312 e. The van der Waals surface area contributed by atoms with E-state index in [1.54, 1.807) is 35.9 Å². The number of aryl methyl sites for hydroxylation is 1. The highest BCUT2D eigenvalue weighted by Gasteiger charge is 2.21. The largest absolute Gasteiger partial charge is 0.312 e. The van der Waals surface area contributed by atoms with Gasteiger partial charge in [0.05, 0.1) is 5.56 Å². The van der Waals surface area contributed by atoms with E-state index in [2.05, 4.69) is 16.4 Å². The van der Waals surface area contributed by atoms with Gasteiger partial charge in [0.15, 0.2) is 0 Å². The van der Waals surface area contributed by atoms with Crippen molar-refractivity contribution >= 4 is 22.2 Å². The third-order valence-electron chi connectivity index (χ3n) is 3.70. The number of aromatic nitrogens is 1. The highest BCUT2D eigenvalue weighted by molar-refractivity contribution is 7.16. The van der Waals surface area contributed by atoms with Gasteiger partial charge >= 0.3 is 0 Å². The van der Waals surface area contributed by atoms with E-state index < -0.39 is 0 Å². The second kappa shape index (κ2) is 6.06. The van der Waals surface area contributed by atoms with Gasteiger partial charge in [-0.3, -0.25) is 9.78 Å². The number of thiophene rings is 1. The number of rotatable bonds is 2. The van der Waals surface area contributed by atoms with Crippen molar-refractivity contribution in [2.45, 2.75) is 32.1 Å². The van der Waals surface area contributed by atoms with Crippen LogP contribution < -0.4 is 5.32 Å². The topological polar surface area (TPSA) is 65.8 Å². The summed E-state index contributed by atoms with van der Waals surface area (Å²) in [6.45, 7) is 0. The summed E-state index contributed by atoms with van der Waals surface area (Å²) < 4.78 is 0. The Balaban J connectivity index is 1.89. The van der Waals surface area contributed by atoms with Crippen LogP contribution in [0.4, 0.5) is 5.00 Å². The fourth-order valence-electron chi connectivity index (χ4n) is 2.63. The van der Waals surface area contributed by atoms with Crippen LogP contribution in [-0.4, -0.2) is 10.9 Å². The van der Waals surface area contributed by atoms with Crippen molar-refractivity contribution in [1.82, 2.24) is 4.98 Å². The summed E-state index contributed by atoms with van der Waals surface area (Å²) in [7, 11) is 0. The molecule has 0 fully saturated rings. The summed E-state index contributed by atoms with van der Waals surface area (Å²) in [5.41, 5.74) is 2.35. The summed E-state index contributed by atoms with van der Waals surface area (Å²) in [5.74, 6) is -0.190. The Hall–Kier alpha value is -2.19. The van der Waals surface area contributed by atoms with E-state index >= 15 is 0 Å². The predicted octanol–water partition coefficient (Wildman–Crippen LogP) is 3.54. The Labute approximate surface area is 127 Å². The zero-order chi connectivity index (χ0) is 14.7. The number of amides is 1. The van der Waals surface area contributed by atoms with Gasteiger partial charge in [0.1, 0.15) is 11.1 Å². The van der Waals surface area contributed by atoms with E-state index in [-0.39, 0.29) is 5.91 Å². The zero-order valence-corrected chi connectivity index (χ0v) is 12.4. The molecule has 2 aromatic heterocycles. The molecule has 5 heteroatoms. The van der Waals surface area contributed by atoms with Crippen LogP contribution in [0.2, 0.25) is 0 Å². The van der Waals surface area contributed by atoms with Gasteiger partial charge in [-0.05, 0) is 43.4 Å². The summed E-state index contributed by atoms with van der Waals surface area (Å²) in [5, 5.41) is 13.0. The predicted molar refractivity (Wildman–Crippen MR) is 82.5 cm³/mol. The maximum absolute atomic E-state index is 12.2. The van der Waals surface area contributed by atoms with Crippen LogP contribution in [0.15, 0.2) is 24.5 Å². The molecule has 2 aromatic rings. The van der Waals surface area contributed by atoms with E-state index in [4.69, 9.17) is 0 Å². The fraction of sp³-hybridized carbons (Fsp3) is 0.312. The number of anilines is 1. The molecular weight excluding hydrogens is 282 g/mol. The quantitative estimate of drug-likeness (QED) is 0.862. The summed E-state index contributed by atoms with van der Waals surface area (Å²) in [6, 6.07) is 5.60. The van der Waals surface area contributed by atoms with Crippen LogP contribution in [-0.2, 0) is 12.8 Å². The van der Waals surface area contributed by atoms with Crippen LogP contribution in [0.25, 0.3) is 0 Å². The van der Waals surface area contributed by atoms with E-state index in [1.807, 2.05) is 0 Å². The molecule has 106 valence electrons. The molecule has 3 rings (SSSR count). The number of hydrogen-bond acceptors (Lipinski definition) is 4. The number of carbonyl (C=O) groups is 1. The van der Waals surface area contributed by atoms with Crippen LogP contribution in [0.3, 0.4) is 0 Å². The molecule has 0 aliphatic heterocycles. The Bertz CT molecular complexity index is 700. The average Bonchev–Trinajstić information content (AvgIpc) is 2.68. The normalized spacial score (nSPS) is 13.9. The maximum Gasteiger partial charge on any atom is 0.256 e. The Morgan fingerprint density at radius 1 is 1.24 bits per heavy atom. The fourth-order valence-corrected chi connectivity index (χ4v) is 3.86. The van der Waals surface area contributed by atoms with Crippen LogP contribution >= 0.6 is 11.3 Å². The molecule has 1 aliphatic rings. The van der Waals surface area contributed by atoms with Crippen LogP contribution in [0, 0.1) is 11.3 Å². The molecule has 0 spiro atoms. The first-order chi connectivity index (χ1) is 10.3. The Morgan fingerprint density at radius 3 is 2.76 bits per heavy atom. The van der Waals surface area contributed by atoms with Gasteiger partial charge < -0.3 is 5.32 Å². The lowest BCUT2D eigenvalue weighted by Gasteiger charge is -2.03. The molecule has 1 amide bonds. The summed E-state index contributed by atoms with van der Waals surface area (Å²) in [4.78, 5) is 17.4. The number of nitrogens with one attached hydrogen (secondary N) is 1. The van der Waals surface area contributed by atoms with Gasteiger partial charge in [-0.15, -0.1) is 11.3 Å². The van der Waals surface area contributed by atoms with Crippen molar-refractivity contribution in [3.63, 3.8) is 0 Å². The first-order valence-electron chi connectivity index (χ1n) is 7.05. The molecular formula is C16H15N3OS. The zero-order valence-electron chi connectivity index (χ0n) is 11.6. The van der Waals surface area contributed by atoms with Gasteiger partial charge in [-0.2, -0.15) is 5.26 Å². The number of nitriles is 1. The van der Waals surface area contributed by atoms with Crippen molar-refractivity contribution < 1.29 is 4.79 Å². The third kappa shape index (κ3) is 2.81. The van der Waals surface area contributed by atoms with Gasteiger partial charge in [-0.1, -0.05) is 6.42 Å². The highest BCUT2D eigenvalue weighted by atomic mass is 32.1. The smallest absolute Gasteiger partial charge is 0.256 e. The number of carbonyl (C=O) groups excluding carboxylic acids is 1. The molecule has 0 aromatic carbocycles. The molecule has 0 unspecified atom stereocenters. The van der Waals surface area contributed by atoms with Gasteiger partial charge in [0, 0.05) is 22.8 Å².